The normalized spacial score (nSPS) is 13.2. The van der Waals surface area contributed by atoms with Crippen molar-refractivity contribution in [2.75, 3.05) is 0 Å². The van der Waals surface area contributed by atoms with Crippen LogP contribution in [0.3, 0.4) is 0 Å². The van der Waals surface area contributed by atoms with Crippen molar-refractivity contribution < 1.29 is 26.7 Å². The molecule has 1 atom stereocenters. The Labute approximate surface area is 99.8 Å². The van der Waals surface area contributed by atoms with Crippen molar-refractivity contribution in [3.05, 3.63) is 35.4 Å². The Hall–Kier alpha value is -1.66. The topological polar surface area (TPSA) is 29.1 Å². The first-order valence-electron chi connectivity index (χ1n) is 4.98. The van der Waals surface area contributed by atoms with E-state index in [2.05, 4.69) is 0 Å². The zero-order chi connectivity index (χ0) is 13.9. The zero-order valence-electron chi connectivity index (χ0n) is 9.31. The number of carbonyl (C=O) groups is 1. The van der Waals surface area contributed by atoms with Gasteiger partial charge in [0.15, 0.2) is 0 Å². The Morgan fingerprint density at radius 3 is 2.17 bits per heavy atom. The van der Waals surface area contributed by atoms with Crippen LogP contribution in [-0.4, -0.2) is 12.1 Å². The third kappa shape index (κ3) is 3.97. The average Bonchev–Trinajstić information content (AvgIpc) is 2.13. The molecule has 0 spiro atoms. The minimum Gasteiger partial charge on any atom is -0.349 e. The maximum Gasteiger partial charge on any atom is 0.391 e. The molecule has 0 aliphatic heterocycles. The van der Waals surface area contributed by atoms with Gasteiger partial charge >= 0.3 is 6.18 Å². The Morgan fingerprint density at radius 2 is 1.78 bits per heavy atom. The number of carbonyl (C=O) groups excluding carboxylic acids is 1. The van der Waals surface area contributed by atoms with Gasteiger partial charge in [-0.1, -0.05) is 6.07 Å². The van der Waals surface area contributed by atoms with Gasteiger partial charge < -0.3 is 5.32 Å². The first-order chi connectivity index (χ1) is 8.20. The number of rotatable bonds is 3. The van der Waals surface area contributed by atoms with Gasteiger partial charge in [0.05, 0.1) is 12.5 Å². The second-order valence-electron chi connectivity index (χ2n) is 3.71. The van der Waals surface area contributed by atoms with Crippen molar-refractivity contribution in [1.29, 1.82) is 0 Å². The van der Waals surface area contributed by atoms with Crippen molar-refractivity contribution in [2.24, 2.45) is 0 Å². The number of hydrogen-bond acceptors (Lipinski definition) is 1. The standard InChI is InChI=1S/C11H10F5NO/c1-6(18)17-9(5-11(14,15)16)10-7(12)3-2-4-8(10)13/h2-4,9H,5H2,1H3,(H,17,18). The van der Waals surface area contributed by atoms with E-state index in [1.807, 2.05) is 5.32 Å². The molecule has 1 aromatic rings. The van der Waals surface area contributed by atoms with Gasteiger partial charge in [-0.25, -0.2) is 8.78 Å². The van der Waals surface area contributed by atoms with E-state index in [1.165, 1.54) is 0 Å². The largest absolute Gasteiger partial charge is 0.391 e. The van der Waals surface area contributed by atoms with E-state index in [-0.39, 0.29) is 0 Å². The molecule has 0 aliphatic carbocycles. The molecule has 1 rings (SSSR count). The van der Waals surface area contributed by atoms with Crippen LogP contribution in [0.2, 0.25) is 0 Å². The first kappa shape index (κ1) is 14.4. The molecular weight excluding hydrogens is 257 g/mol. The average molecular weight is 267 g/mol. The Kier molecular flexibility index (Phi) is 4.26. The summed E-state index contributed by atoms with van der Waals surface area (Å²) < 4.78 is 63.7. The van der Waals surface area contributed by atoms with E-state index >= 15 is 0 Å². The monoisotopic (exact) mass is 267 g/mol. The minimum absolute atomic E-state index is 0.787. The fourth-order valence-electron chi connectivity index (χ4n) is 1.55. The van der Waals surface area contributed by atoms with Gasteiger partial charge in [0.25, 0.3) is 0 Å². The zero-order valence-corrected chi connectivity index (χ0v) is 9.31. The van der Waals surface area contributed by atoms with Crippen LogP contribution in [0.4, 0.5) is 22.0 Å². The number of benzene rings is 1. The van der Waals surface area contributed by atoms with Crippen LogP contribution in [-0.2, 0) is 4.79 Å². The summed E-state index contributed by atoms with van der Waals surface area (Å²) in [6, 6.07) is 0.934. The molecule has 100 valence electrons. The van der Waals surface area contributed by atoms with E-state index in [1.54, 1.807) is 0 Å². The summed E-state index contributed by atoms with van der Waals surface area (Å²) in [5.74, 6) is -3.05. The molecule has 0 aromatic heterocycles. The molecule has 18 heavy (non-hydrogen) atoms. The van der Waals surface area contributed by atoms with E-state index in [0.29, 0.717) is 0 Å². The molecule has 0 aliphatic rings. The highest BCUT2D eigenvalue weighted by atomic mass is 19.4. The Balaban J connectivity index is 3.13. The quantitative estimate of drug-likeness (QED) is 0.838. The fraction of sp³-hybridized carbons (Fsp3) is 0.364. The summed E-state index contributed by atoms with van der Waals surface area (Å²) >= 11 is 0. The van der Waals surface area contributed by atoms with Gasteiger partial charge in [-0.05, 0) is 12.1 Å². The van der Waals surface area contributed by atoms with E-state index < -0.39 is 41.7 Å². The number of halogens is 5. The van der Waals surface area contributed by atoms with Gasteiger partial charge in [0, 0.05) is 12.5 Å². The van der Waals surface area contributed by atoms with Gasteiger partial charge in [-0.2, -0.15) is 13.2 Å². The molecule has 0 bridgehead atoms. The van der Waals surface area contributed by atoms with Crippen LogP contribution < -0.4 is 5.32 Å². The van der Waals surface area contributed by atoms with Crippen LogP contribution >= 0.6 is 0 Å². The third-order valence-electron chi connectivity index (χ3n) is 2.16. The minimum atomic E-state index is -4.65. The predicted octanol–water partition coefficient (Wildman–Crippen LogP) is 3.09. The highest BCUT2D eigenvalue weighted by molar-refractivity contribution is 5.73. The molecule has 0 saturated carbocycles. The molecule has 1 N–H and O–H groups in total. The highest BCUT2D eigenvalue weighted by Crippen LogP contribution is 2.32. The SMILES string of the molecule is CC(=O)NC(CC(F)(F)F)c1c(F)cccc1F. The predicted molar refractivity (Wildman–Crippen MR) is 53.6 cm³/mol. The van der Waals surface area contributed by atoms with Crippen LogP contribution in [0.5, 0.6) is 0 Å². The molecule has 0 fully saturated rings. The summed E-state index contributed by atoms with van der Waals surface area (Å²) in [5.41, 5.74) is -0.787. The van der Waals surface area contributed by atoms with Crippen molar-refractivity contribution in [1.82, 2.24) is 5.32 Å². The van der Waals surface area contributed by atoms with E-state index in [0.717, 1.165) is 25.1 Å². The molecule has 1 aromatic carbocycles. The summed E-state index contributed by atoms with van der Waals surface area (Å²) in [6.07, 6.45) is -6.19. The number of hydrogen-bond donors (Lipinski definition) is 1. The van der Waals surface area contributed by atoms with Gasteiger partial charge in [0.2, 0.25) is 5.91 Å². The van der Waals surface area contributed by atoms with Crippen LogP contribution in [0.25, 0.3) is 0 Å². The summed E-state index contributed by atoms with van der Waals surface area (Å²) in [6.45, 7) is 0.974. The smallest absolute Gasteiger partial charge is 0.349 e. The van der Waals surface area contributed by atoms with Crippen LogP contribution in [0, 0.1) is 11.6 Å². The van der Waals surface area contributed by atoms with Crippen molar-refractivity contribution in [2.45, 2.75) is 25.6 Å². The van der Waals surface area contributed by atoms with Crippen molar-refractivity contribution in [3.8, 4) is 0 Å². The summed E-state index contributed by atoms with van der Waals surface area (Å²) in [5, 5.41) is 1.90. The molecule has 0 saturated heterocycles. The van der Waals surface area contributed by atoms with Gasteiger partial charge in [-0.15, -0.1) is 0 Å². The van der Waals surface area contributed by atoms with Crippen LogP contribution in [0.1, 0.15) is 24.9 Å². The summed E-state index contributed by atoms with van der Waals surface area (Å²) in [4.78, 5) is 10.8. The molecule has 1 unspecified atom stereocenters. The molecule has 0 heterocycles. The van der Waals surface area contributed by atoms with E-state index in [4.69, 9.17) is 0 Å². The Bertz CT molecular complexity index is 423. The Morgan fingerprint density at radius 1 is 1.28 bits per heavy atom. The molecule has 2 nitrogen and oxygen atoms in total. The first-order valence-corrected chi connectivity index (χ1v) is 4.98. The number of amides is 1. The fourth-order valence-corrected chi connectivity index (χ4v) is 1.55. The molecule has 7 heteroatoms. The van der Waals surface area contributed by atoms with E-state index in [9.17, 15) is 26.7 Å². The lowest BCUT2D eigenvalue weighted by Crippen LogP contribution is -2.31. The second-order valence-corrected chi connectivity index (χ2v) is 3.71. The number of nitrogens with one attached hydrogen (secondary N) is 1. The second kappa shape index (κ2) is 5.32. The molecular formula is C11H10F5NO. The lowest BCUT2D eigenvalue weighted by molar-refractivity contribution is -0.142. The lowest BCUT2D eigenvalue weighted by Gasteiger charge is -2.20. The van der Waals surface area contributed by atoms with Crippen molar-refractivity contribution >= 4 is 5.91 Å². The maximum atomic E-state index is 13.4. The van der Waals surface area contributed by atoms with Gasteiger partial charge in [-0.3, -0.25) is 4.79 Å². The van der Waals surface area contributed by atoms with Crippen LogP contribution in [0.15, 0.2) is 18.2 Å². The molecule has 0 radical (unpaired) electrons. The third-order valence-corrected chi connectivity index (χ3v) is 2.16. The molecule has 1 amide bonds. The number of alkyl halides is 3. The lowest BCUT2D eigenvalue weighted by atomic mass is 10.0. The van der Waals surface area contributed by atoms with Crippen molar-refractivity contribution in [3.63, 3.8) is 0 Å². The maximum absolute atomic E-state index is 13.4. The highest BCUT2D eigenvalue weighted by Gasteiger charge is 2.35. The van der Waals surface area contributed by atoms with Gasteiger partial charge in [0.1, 0.15) is 11.6 Å². The summed E-state index contributed by atoms with van der Waals surface area (Å²) in [7, 11) is 0.